The Hall–Kier alpha value is -2.35. The third-order valence-corrected chi connectivity index (χ3v) is 3.29. The molecule has 0 saturated carbocycles. The van der Waals surface area contributed by atoms with E-state index >= 15 is 0 Å². The summed E-state index contributed by atoms with van der Waals surface area (Å²) >= 11 is 0. The molecule has 0 bridgehead atoms. The lowest BCUT2D eigenvalue weighted by molar-refractivity contribution is 1.20. The molecule has 2 nitrogen and oxygen atoms in total. The molecule has 1 N–H and O–H groups in total. The molecule has 94 valence electrons. The van der Waals surface area contributed by atoms with Crippen LogP contribution in [0, 0.1) is 0 Å². The first kappa shape index (κ1) is 11.7. The summed E-state index contributed by atoms with van der Waals surface area (Å²) < 4.78 is 0. The Morgan fingerprint density at radius 1 is 0.947 bits per heavy atom. The van der Waals surface area contributed by atoms with Crippen LogP contribution in [-0.2, 0) is 6.42 Å². The van der Waals surface area contributed by atoms with Gasteiger partial charge in [-0.3, -0.25) is 4.98 Å². The number of fused-ring (bicyclic) bond motifs is 1. The van der Waals surface area contributed by atoms with E-state index in [0.29, 0.717) is 0 Å². The van der Waals surface area contributed by atoms with E-state index in [1.54, 1.807) is 0 Å². The molecule has 1 aromatic heterocycles. The Bertz CT molecular complexity index is 690. The summed E-state index contributed by atoms with van der Waals surface area (Å²) in [4.78, 5) is 4.44. The van der Waals surface area contributed by atoms with Crippen molar-refractivity contribution in [1.82, 2.24) is 4.98 Å². The van der Waals surface area contributed by atoms with Crippen molar-refractivity contribution < 1.29 is 0 Å². The fraction of sp³-hybridized carbons (Fsp3) is 0.118. The van der Waals surface area contributed by atoms with Gasteiger partial charge in [0, 0.05) is 12.4 Å². The molecule has 2 aromatic carbocycles. The molecular formula is C17H16N2. The smallest absolute Gasteiger partial charge is 0.0703 e. The first-order chi connectivity index (χ1) is 9.35. The molecule has 0 saturated heterocycles. The summed E-state index contributed by atoms with van der Waals surface area (Å²) in [5.41, 5.74) is 4.73. The lowest BCUT2D eigenvalue weighted by Crippen LogP contribution is -1.91. The van der Waals surface area contributed by atoms with Crippen LogP contribution in [0.5, 0.6) is 0 Å². The summed E-state index contributed by atoms with van der Waals surface area (Å²) in [6.07, 6.45) is 2.82. The van der Waals surface area contributed by atoms with Crippen molar-refractivity contribution in [2.75, 3.05) is 12.4 Å². The highest BCUT2D eigenvalue weighted by Crippen LogP contribution is 2.19. The zero-order valence-corrected chi connectivity index (χ0v) is 10.9. The number of rotatable bonds is 3. The number of pyridine rings is 1. The Kier molecular flexibility index (Phi) is 3.15. The maximum Gasteiger partial charge on any atom is 0.0703 e. The number of hydrogen-bond donors (Lipinski definition) is 1. The molecule has 0 aliphatic rings. The van der Waals surface area contributed by atoms with Gasteiger partial charge in [0.2, 0.25) is 0 Å². The number of aromatic nitrogens is 1. The zero-order chi connectivity index (χ0) is 13.1. The second kappa shape index (κ2) is 5.11. The highest BCUT2D eigenvalue weighted by atomic mass is 14.8. The van der Waals surface area contributed by atoms with Crippen LogP contribution in [-0.4, -0.2) is 12.0 Å². The lowest BCUT2D eigenvalue weighted by atomic mass is 10.0. The minimum absolute atomic E-state index is 0.959. The van der Waals surface area contributed by atoms with Crippen molar-refractivity contribution in [2.24, 2.45) is 0 Å². The van der Waals surface area contributed by atoms with Crippen molar-refractivity contribution in [1.29, 1.82) is 0 Å². The van der Waals surface area contributed by atoms with E-state index in [4.69, 9.17) is 0 Å². The van der Waals surface area contributed by atoms with Gasteiger partial charge in [0.1, 0.15) is 0 Å². The maximum absolute atomic E-state index is 4.44. The minimum atomic E-state index is 0.959. The first-order valence-electron chi connectivity index (χ1n) is 6.45. The average molecular weight is 248 g/mol. The number of anilines is 1. The summed E-state index contributed by atoms with van der Waals surface area (Å²) in [6, 6.07) is 19.1. The van der Waals surface area contributed by atoms with E-state index < -0.39 is 0 Å². The molecular weight excluding hydrogens is 232 g/mol. The van der Waals surface area contributed by atoms with Crippen molar-refractivity contribution in [3.8, 4) is 0 Å². The summed E-state index contributed by atoms with van der Waals surface area (Å²) in [5, 5.41) is 4.31. The molecule has 0 aliphatic heterocycles. The predicted molar refractivity (Wildman–Crippen MR) is 80.5 cm³/mol. The largest absolute Gasteiger partial charge is 0.387 e. The Labute approximate surface area is 113 Å². The molecule has 2 heteroatoms. The van der Waals surface area contributed by atoms with E-state index in [1.807, 2.05) is 19.3 Å². The lowest BCUT2D eigenvalue weighted by Gasteiger charge is -2.05. The molecule has 0 spiro atoms. The number of nitrogens with zero attached hydrogens (tertiary/aromatic N) is 1. The average Bonchev–Trinajstić information content (AvgIpc) is 2.47. The van der Waals surface area contributed by atoms with E-state index in [9.17, 15) is 0 Å². The Morgan fingerprint density at radius 2 is 1.79 bits per heavy atom. The highest BCUT2D eigenvalue weighted by Gasteiger charge is 2.00. The molecule has 0 amide bonds. The van der Waals surface area contributed by atoms with Crippen LogP contribution in [0.1, 0.15) is 11.1 Å². The fourth-order valence-electron chi connectivity index (χ4n) is 2.26. The summed E-state index contributed by atoms with van der Waals surface area (Å²) in [7, 11) is 1.91. The standard InChI is InChI=1S/C17H16N2/c1-18-16-11-15-10-14(7-8-17(15)19-12-16)9-13-5-3-2-4-6-13/h2-8,10-12,18H,9H2,1H3. The highest BCUT2D eigenvalue weighted by molar-refractivity contribution is 5.82. The quantitative estimate of drug-likeness (QED) is 0.761. The molecule has 1 heterocycles. The summed E-state index contributed by atoms with van der Waals surface area (Å²) in [6.45, 7) is 0. The first-order valence-corrected chi connectivity index (χ1v) is 6.45. The van der Waals surface area contributed by atoms with E-state index in [0.717, 1.165) is 17.6 Å². The van der Waals surface area contributed by atoms with Gasteiger partial charge in [-0.2, -0.15) is 0 Å². The number of nitrogens with one attached hydrogen (secondary N) is 1. The van der Waals surface area contributed by atoms with Gasteiger partial charge in [0.05, 0.1) is 17.4 Å². The monoisotopic (exact) mass is 248 g/mol. The minimum Gasteiger partial charge on any atom is -0.387 e. The van der Waals surface area contributed by atoms with Crippen LogP contribution in [0.25, 0.3) is 10.9 Å². The normalized spacial score (nSPS) is 10.6. The molecule has 0 radical (unpaired) electrons. The molecule has 3 aromatic rings. The van der Waals surface area contributed by atoms with Crippen LogP contribution in [0.4, 0.5) is 5.69 Å². The van der Waals surface area contributed by atoms with Gasteiger partial charge in [-0.1, -0.05) is 36.4 Å². The van der Waals surface area contributed by atoms with Crippen LogP contribution >= 0.6 is 0 Å². The van der Waals surface area contributed by atoms with Crippen molar-refractivity contribution >= 4 is 16.6 Å². The number of benzene rings is 2. The molecule has 3 rings (SSSR count). The molecule has 0 aliphatic carbocycles. The van der Waals surface area contributed by atoms with Gasteiger partial charge in [0.15, 0.2) is 0 Å². The Morgan fingerprint density at radius 3 is 2.58 bits per heavy atom. The van der Waals surface area contributed by atoms with E-state index in [1.165, 1.54) is 16.5 Å². The van der Waals surface area contributed by atoms with E-state index in [2.05, 4.69) is 58.8 Å². The maximum atomic E-state index is 4.44. The topological polar surface area (TPSA) is 24.9 Å². The third-order valence-electron chi connectivity index (χ3n) is 3.29. The van der Waals surface area contributed by atoms with Gasteiger partial charge >= 0.3 is 0 Å². The van der Waals surface area contributed by atoms with Gasteiger partial charge in [-0.05, 0) is 35.7 Å². The van der Waals surface area contributed by atoms with Gasteiger partial charge in [0.25, 0.3) is 0 Å². The van der Waals surface area contributed by atoms with Crippen molar-refractivity contribution in [3.63, 3.8) is 0 Å². The van der Waals surface area contributed by atoms with Crippen LogP contribution < -0.4 is 5.32 Å². The summed E-state index contributed by atoms with van der Waals surface area (Å²) in [5.74, 6) is 0. The second-order valence-electron chi connectivity index (χ2n) is 4.66. The Balaban J connectivity index is 1.96. The third kappa shape index (κ3) is 2.58. The molecule has 0 atom stereocenters. The van der Waals surface area contributed by atoms with Crippen LogP contribution in [0.15, 0.2) is 60.8 Å². The molecule has 0 fully saturated rings. The second-order valence-corrected chi connectivity index (χ2v) is 4.66. The van der Waals surface area contributed by atoms with Crippen molar-refractivity contribution in [2.45, 2.75) is 6.42 Å². The molecule has 0 unspecified atom stereocenters. The SMILES string of the molecule is CNc1cnc2ccc(Cc3ccccc3)cc2c1. The van der Waals surface area contributed by atoms with Gasteiger partial charge < -0.3 is 5.32 Å². The van der Waals surface area contributed by atoms with Gasteiger partial charge in [-0.15, -0.1) is 0 Å². The fourth-order valence-corrected chi connectivity index (χ4v) is 2.26. The molecule has 19 heavy (non-hydrogen) atoms. The number of hydrogen-bond acceptors (Lipinski definition) is 2. The van der Waals surface area contributed by atoms with E-state index in [-0.39, 0.29) is 0 Å². The van der Waals surface area contributed by atoms with Gasteiger partial charge in [-0.25, -0.2) is 0 Å². The van der Waals surface area contributed by atoms with Crippen LogP contribution in [0.2, 0.25) is 0 Å². The zero-order valence-electron chi connectivity index (χ0n) is 10.9. The predicted octanol–water partition coefficient (Wildman–Crippen LogP) is 3.87. The van der Waals surface area contributed by atoms with Crippen LogP contribution in [0.3, 0.4) is 0 Å². The van der Waals surface area contributed by atoms with Crippen molar-refractivity contribution in [3.05, 3.63) is 71.9 Å².